The first kappa shape index (κ1) is 17.3. The van der Waals surface area contributed by atoms with Crippen LogP contribution in [-0.2, 0) is 0 Å². The van der Waals surface area contributed by atoms with Crippen molar-refractivity contribution in [3.05, 3.63) is 35.4 Å². The van der Waals surface area contributed by atoms with Crippen LogP contribution in [0.3, 0.4) is 0 Å². The van der Waals surface area contributed by atoms with E-state index in [2.05, 4.69) is 16.7 Å². The molecule has 1 aliphatic rings. The molecule has 0 fully saturated rings. The van der Waals surface area contributed by atoms with Gasteiger partial charge in [-0.2, -0.15) is 0 Å². The van der Waals surface area contributed by atoms with Crippen LogP contribution >= 0.6 is 12.4 Å². The number of para-hydroxylation sites is 1. The van der Waals surface area contributed by atoms with Gasteiger partial charge in [-0.05, 0) is 25.1 Å². The lowest BCUT2D eigenvalue weighted by atomic mass is 10.1. The second-order valence-corrected chi connectivity index (χ2v) is 4.54. The fraction of sp³-hybridized carbons (Fsp3) is 0.400. The van der Waals surface area contributed by atoms with Crippen LogP contribution in [0.4, 0.5) is 0 Å². The molecule has 1 aliphatic heterocycles. The van der Waals surface area contributed by atoms with Crippen molar-refractivity contribution in [1.29, 1.82) is 0 Å². The van der Waals surface area contributed by atoms with E-state index in [0.29, 0.717) is 23.6 Å². The summed E-state index contributed by atoms with van der Waals surface area (Å²) in [5, 5.41) is 6.17. The van der Waals surface area contributed by atoms with Crippen LogP contribution in [0, 0.1) is 0 Å². The van der Waals surface area contributed by atoms with Crippen LogP contribution in [0.2, 0.25) is 0 Å². The monoisotopic (exact) mass is 312 g/mol. The van der Waals surface area contributed by atoms with Gasteiger partial charge in [0.25, 0.3) is 5.91 Å². The van der Waals surface area contributed by atoms with E-state index in [0.717, 1.165) is 19.5 Å². The quantitative estimate of drug-likeness (QED) is 0.814. The smallest absolute Gasteiger partial charge is 0.255 e. The number of hydrogen-bond acceptors (Lipinski definition) is 4. The maximum absolute atomic E-state index is 12.2. The van der Waals surface area contributed by atoms with E-state index in [-0.39, 0.29) is 18.3 Å². The third kappa shape index (κ3) is 4.37. The molecule has 116 valence electrons. The summed E-state index contributed by atoms with van der Waals surface area (Å²) < 4.78 is 10.5. The van der Waals surface area contributed by atoms with Gasteiger partial charge in [-0.1, -0.05) is 17.7 Å². The second-order valence-electron chi connectivity index (χ2n) is 4.54. The number of rotatable bonds is 5. The molecule has 1 amide bonds. The highest BCUT2D eigenvalue weighted by Gasteiger charge is 2.16. The predicted molar refractivity (Wildman–Crippen MR) is 84.7 cm³/mol. The SMILES string of the molecule is COc1cccc(C(=O)NCC2=CCNCC2)c1OC.Cl. The Balaban J connectivity index is 0.00000220. The van der Waals surface area contributed by atoms with Gasteiger partial charge in [-0.15, -0.1) is 12.4 Å². The van der Waals surface area contributed by atoms with Gasteiger partial charge in [-0.3, -0.25) is 4.79 Å². The number of methoxy groups -OCH3 is 2. The highest BCUT2D eigenvalue weighted by atomic mass is 35.5. The van der Waals surface area contributed by atoms with Gasteiger partial charge < -0.3 is 20.1 Å². The highest BCUT2D eigenvalue weighted by Crippen LogP contribution is 2.30. The summed E-state index contributed by atoms with van der Waals surface area (Å²) >= 11 is 0. The van der Waals surface area contributed by atoms with Crippen molar-refractivity contribution in [1.82, 2.24) is 10.6 Å². The number of hydrogen-bond donors (Lipinski definition) is 2. The van der Waals surface area contributed by atoms with E-state index in [4.69, 9.17) is 9.47 Å². The molecule has 0 saturated carbocycles. The molecule has 0 unspecified atom stereocenters. The molecule has 0 radical (unpaired) electrons. The van der Waals surface area contributed by atoms with Crippen LogP contribution < -0.4 is 20.1 Å². The van der Waals surface area contributed by atoms with Gasteiger partial charge in [-0.25, -0.2) is 0 Å². The lowest BCUT2D eigenvalue weighted by Gasteiger charge is -2.16. The van der Waals surface area contributed by atoms with Crippen molar-refractivity contribution in [3.63, 3.8) is 0 Å². The zero-order chi connectivity index (χ0) is 14.4. The predicted octanol–water partition coefficient (Wildman–Crippen LogP) is 1.78. The van der Waals surface area contributed by atoms with Gasteiger partial charge in [0.15, 0.2) is 11.5 Å². The average molecular weight is 313 g/mol. The Morgan fingerprint density at radius 2 is 2.14 bits per heavy atom. The minimum atomic E-state index is -0.153. The Morgan fingerprint density at radius 1 is 1.33 bits per heavy atom. The van der Waals surface area contributed by atoms with Crippen LogP contribution in [0.25, 0.3) is 0 Å². The van der Waals surface area contributed by atoms with Gasteiger partial charge in [0, 0.05) is 13.1 Å². The molecule has 0 aromatic heterocycles. The molecular weight excluding hydrogens is 292 g/mol. The largest absolute Gasteiger partial charge is 0.493 e. The molecule has 2 N–H and O–H groups in total. The van der Waals surface area contributed by atoms with E-state index in [9.17, 15) is 4.79 Å². The highest BCUT2D eigenvalue weighted by molar-refractivity contribution is 5.97. The molecule has 1 aromatic carbocycles. The summed E-state index contributed by atoms with van der Waals surface area (Å²) in [6, 6.07) is 5.28. The first-order valence-corrected chi connectivity index (χ1v) is 6.64. The minimum absolute atomic E-state index is 0. The summed E-state index contributed by atoms with van der Waals surface area (Å²) in [5.41, 5.74) is 1.74. The third-order valence-corrected chi connectivity index (χ3v) is 3.28. The van der Waals surface area contributed by atoms with Crippen LogP contribution in [0.1, 0.15) is 16.8 Å². The first-order chi connectivity index (χ1) is 9.76. The van der Waals surface area contributed by atoms with Crippen LogP contribution in [0.15, 0.2) is 29.8 Å². The molecule has 5 nitrogen and oxygen atoms in total. The molecule has 1 aromatic rings. The van der Waals surface area contributed by atoms with Crippen molar-refractivity contribution in [2.75, 3.05) is 33.9 Å². The number of carbonyl (C=O) groups excluding carboxylic acids is 1. The van der Waals surface area contributed by atoms with Crippen molar-refractivity contribution < 1.29 is 14.3 Å². The van der Waals surface area contributed by atoms with Gasteiger partial charge in [0.1, 0.15) is 0 Å². The lowest BCUT2D eigenvalue weighted by molar-refractivity contribution is 0.0953. The topological polar surface area (TPSA) is 59.6 Å². The molecule has 0 aliphatic carbocycles. The second kappa shape index (κ2) is 8.54. The summed E-state index contributed by atoms with van der Waals surface area (Å²) in [6.07, 6.45) is 3.09. The molecule has 0 bridgehead atoms. The normalized spacial score (nSPS) is 13.7. The van der Waals surface area contributed by atoms with E-state index in [1.165, 1.54) is 12.7 Å². The minimum Gasteiger partial charge on any atom is -0.493 e. The van der Waals surface area contributed by atoms with Gasteiger partial charge in [0.2, 0.25) is 0 Å². The summed E-state index contributed by atoms with van der Waals surface area (Å²) in [6.45, 7) is 2.40. The van der Waals surface area contributed by atoms with E-state index < -0.39 is 0 Å². The third-order valence-electron chi connectivity index (χ3n) is 3.28. The molecule has 6 heteroatoms. The number of benzene rings is 1. The molecule has 1 heterocycles. The number of carbonyl (C=O) groups is 1. The summed E-state index contributed by atoms with van der Waals surface area (Å²) in [5.74, 6) is 0.869. The van der Waals surface area contributed by atoms with Gasteiger partial charge >= 0.3 is 0 Å². The molecular formula is C15H21ClN2O3. The Bertz CT molecular complexity index is 518. The molecule has 0 spiro atoms. The molecule has 21 heavy (non-hydrogen) atoms. The standard InChI is InChI=1S/C15H20N2O3.ClH/c1-19-13-5-3-4-12(14(13)20-2)15(18)17-10-11-6-8-16-9-7-11;/h3-6,16H,7-10H2,1-2H3,(H,17,18);1H. The Morgan fingerprint density at radius 3 is 2.76 bits per heavy atom. The van der Waals surface area contributed by atoms with Gasteiger partial charge in [0.05, 0.1) is 19.8 Å². The average Bonchev–Trinajstić information content (AvgIpc) is 2.52. The van der Waals surface area contributed by atoms with Crippen LogP contribution in [0.5, 0.6) is 11.5 Å². The fourth-order valence-corrected chi connectivity index (χ4v) is 2.19. The van der Waals surface area contributed by atoms with E-state index in [1.54, 1.807) is 25.3 Å². The van der Waals surface area contributed by atoms with E-state index in [1.807, 2.05) is 0 Å². The molecule has 0 saturated heterocycles. The zero-order valence-corrected chi connectivity index (χ0v) is 13.1. The maximum atomic E-state index is 12.2. The Kier molecular flexibility index (Phi) is 7.05. The Labute approximate surface area is 131 Å². The number of halogens is 1. The number of nitrogens with one attached hydrogen (secondary N) is 2. The number of ether oxygens (including phenoxy) is 2. The summed E-state index contributed by atoms with van der Waals surface area (Å²) in [7, 11) is 3.09. The number of amides is 1. The maximum Gasteiger partial charge on any atom is 0.255 e. The van der Waals surface area contributed by atoms with E-state index >= 15 is 0 Å². The Hall–Kier alpha value is -1.72. The summed E-state index contributed by atoms with van der Waals surface area (Å²) in [4.78, 5) is 12.2. The first-order valence-electron chi connectivity index (χ1n) is 6.64. The zero-order valence-electron chi connectivity index (χ0n) is 12.3. The molecule has 0 atom stereocenters. The molecule has 2 rings (SSSR count). The van der Waals surface area contributed by atoms with Crippen molar-refractivity contribution in [3.8, 4) is 11.5 Å². The lowest BCUT2D eigenvalue weighted by Crippen LogP contribution is -2.29. The van der Waals surface area contributed by atoms with Crippen LogP contribution in [-0.4, -0.2) is 39.8 Å². The van der Waals surface area contributed by atoms with Crippen molar-refractivity contribution in [2.24, 2.45) is 0 Å². The van der Waals surface area contributed by atoms with Crippen molar-refractivity contribution >= 4 is 18.3 Å². The fourth-order valence-electron chi connectivity index (χ4n) is 2.19. The van der Waals surface area contributed by atoms with Crippen molar-refractivity contribution in [2.45, 2.75) is 6.42 Å².